The van der Waals surface area contributed by atoms with Gasteiger partial charge in [-0.1, -0.05) is 25.1 Å². The molecule has 0 aromatic heterocycles. The van der Waals surface area contributed by atoms with Crippen LogP contribution in [-0.4, -0.2) is 40.4 Å². The van der Waals surface area contributed by atoms with Gasteiger partial charge in [-0.05, 0) is 54.2 Å². The number of benzene rings is 2. The predicted molar refractivity (Wildman–Crippen MR) is 129 cm³/mol. The number of ether oxygens (including phenoxy) is 3. The molecule has 0 amide bonds. The van der Waals surface area contributed by atoms with Crippen molar-refractivity contribution in [1.29, 1.82) is 0 Å². The van der Waals surface area contributed by atoms with E-state index in [9.17, 15) is 0 Å². The monoisotopic (exact) mass is 513 g/mol. The van der Waals surface area contributed by atoms with Crippen LogP contribution in [-0.2, 0) is 12.8 Å². The van der Waals surface area contributed by atoms with Crippen molar-refractivity contribution < 1.29 is 14.2 Å². The predicted octanol–water partition coefficient (Wildman–Crippen LogP) is 3.66. The Hall–Kier alpha value is -2.16. The van der Waals surface area contributed by atoms with Gasteiger partial charge in [-0.25, -0.2) is 0 Å². The number of hydrogen-bond donors (Lipinski definition) is 2. The highest BCUT2D eigenvalue weighted by molar-refractivity contribution is 14.0. The number of nitrogens with one attached hydrogen (secondary N) is 1. The van der Waals surface area contributed by atoms with Gasteiger partial charge in [0.2, 0.25) is 0 Å². The van der Waals surface area contributed by atoms with E-state index in [1.165, 1.54) is 5.56 Å². The van der Waals surface area contributed by atoms with E-state index in [4.69, 9.17) is 19.9 Å². The summed E-state index contributed by atoms with van der Waals surface area (Å²) in [6.07, 6.45) is 1.77. The average Bonchev–Trinajstić information content (AvgIpc) is 2.72. The summed E-state index contributed by atoms with van der Waals surface area (Å²) in [5, 5.41) is 3.17. The molecule has 0 heterocycles. The summed E-state index contributed by atoms with van der Waals surface area (Å²) < 4.78 is 15.8. The fourth-order valence-corrected chi connectivity index (χ4v) is 2.91. The molecule has 2 rings (SSSR count). The van der Waals surface area contributed by atoms with Gasteiger partial charge in [-0.15, -0.1) is 24.0 Å². The maximum absolute atomic E-state index is 6.00. The van der Waals surface area contributed by atoms with Crippen molar-refractivity contribution in [3.63, 3.8) is 0 Å². The van der Waals surface area contributed by atoms with Gasteiger partial charge >= 0.3 is 0 Å². The second-order valence-corrected chi connectivity index (χ2v) is 6.75. The van der Waals surface area contributed by atoms with Crippen molar-refractivity contribution in [2.75, 3.05) is 34.4 Å². The summed E-state index contributed by atoms with van der Waals surface area (Å²) in [5.41, 5.74) is 8.41. The third-order valence-electron chi connectivity index (χ3n) is 4.48. The van der Waals surface area contributed by atoms with E-state index < -0.39 is 0 Å². The first-order chi connectivity index (χ1) is 13.5. The van der Waals surface area contributed by atoms with E-state index in [-0.39, 0.29) is 24.0 Å². The lowest BCUT2D eigenvalue weighted by atomic mass is 10.0. The van der Waals surface area contributed by atoms with Crippen LogP contribution in [0.25, 0.3) is 0 Å². The van der Waals surface area contributed by atoms with E-state index >= 15 is 0 Å². The molecule has 0 fully saturated rings. The molecule has 0 aliphatic carbocycles. The lowest BCUT2D eigenvalue weighted by Crippen LogP contribution is -2.33. The molecule has 0 spiro atoms. The highest BCUT2D eigenvalue weighted by Crippen LogP contribution is 2.27. The van der Waals surface area contributed by atoms with Crippen molar-refractivity contribution in [3.8, 4) is 17.2 Å². The zero-order chi connectivity index (χ0) is 20.4. The largest absolute Gasteiger partial charge is 0.497 e. The molecule has 0 saturated heterocycles. The van der Waals surface area contributed by atoms with Crippen molar-refractivity contribution in [1.82, 2.24) is 5.32 Å². The summed E-state index contributed by atoms with van der Waals surface area (Å²) in [7, 11) is 4.94. The Kier molecular flexibility index (Phi) is 11.3. The average molecular weight is 513 g/mol. The highest BCUT2D eigenvalue weighted by Gasteiger charge is 2.06. The third-order valence-corrected chi connectivity index (χ3v) is 4.48. The van der Waals surface area contributed by atoms with E-state index in [2.05, 4.69) is 29.4 Å². The van der Waals surface area contributed by atoms with Gasteiger partial charge in [0.15, 0.2) is 17.5 Å². The molecule has 0 radical (unpaired) electrons. The van der Waals surface area contributed by atoms with Crippen LogP contribution in [0.2, 0.25) is 0 Å². The van der Waals surface area contributed by atoms with Gasteiger partial charge < -0.3 is 25.3 Å². The molecule has 29 heavy (non-hydrogen) atoms. The Bertz CT molecular complexity index is 766. The highest BCUT2D eigenvalue weighted by atomic mass is 127. The molecule has 2 aromatic carbocycles. The van der Waals surface area contributed by atoms with E-state index in [1.807, 2.05) is 30.3 Å². The van der Waals surface area contributed by atoms with Crippen molar-refractivity contribution in [3.05, 3.63) is 53.6 Å². The maximum atomic E-state index is 6.00. The van der Waals surface area contributed by atoms with Gasteiger partial charge in [-0.3, -0.25) is 4.99 Å². The van der Waals surface area contributed by atoms with Gasteiger partial charge in [0.25, 0.3) is 0 Å². The minimum absolute atomic E-state index is 0. The van der Waals surface area contributed by atoms with Gasteiger partial charge in [0.1, 0.15) is 5.75 Å². The maximum Gasteiger partial charge on any atom is 0.188 e. The number of guanidine groups is 1. The van der Waals surface area contributed by atoms with Gasteiger partial charge in [0.05, 0.1) is 21.3 Å². The molecule has 160 valence electrons. The zero-order valence-electron chi connectivity index (χ0n) is 17.6. The first-order valence-corrected chi connectivity index (χ1v) is 9.43. The summed E-state index contributed by atoms with van der Waals surface area (Å²) in [5.74, 6) is 3.21. The second-order valence-electron chi connectivity index (χ2n) is 6.75. The number of rotatable bonds is 10. The fraction of sp³-hybridized carbons (Fsp3) is 0.409. The first-order valence-electron chi connectivity index (χ1n) is 9.43. The van der Waals surface area contributed by atoms with Crippen molar-refractivity contribution in [2.24, 2.45) is 16.6 Å². The molecule has 1 unspecified atom stereocenters. The van der Waals surface area contributed by atoms with Crippen LogP contribution in [0.3, 0.4) is 0 Å². The number of halogens is 1. The van der Waals surface area contributed by atoms with Gasteiger partial charge in [0, 0.05) is 13.1 Å². The third kappa shape index (κ3) is 8.39. The SMILES string of the molecule is COc1ccc(CC(C)CN=C(N)NCCc2ccc(OC)c(OC)c2)cc1.I. The Morgan fingerprint density at radius 3 is 2.24 bits per heavy atom. The van der Waals surface area contributed by atoms with Crippen molar-refractivity contribution >= 4 is 29.9 Å². The number of hydrogen-bond acceptors (Lipinski definition) is 4. The van der Waals surface area contributed by atoms with Crippen LogP contribution < -0.4 is 25.3 Å². The molecule has 0 aliphatic heterocycles. The Morgan fingerprint density at radius 1 is 0.966 bits per heavy atom. The van der Waals surface area contributed by atoms with Crippen LogP contribution in [0.4, 0.5) is 0 Å². The standard InChI is InChI=1S/C22H31N3O3.HI/c1-16(13-17-5-8-19(26-2)9-6-17)15-25-22(23)24-12-11-18-7-10-20(27-3)21(14-18)28-4;/h5-10,14,16H,11-13,15H2,1-4H3,(H3,23,24,25);1H. The lowest BCUT2D eigenvalue weighted by molar-refractivity contribution is 0.354. The Balaban J connectivity index is 0.00000420. The molecule has 6 nitrogen and oxygen atoms in total. The summed E-state index contributed by atoms with van der Waals surface area (Å²) in [4.78, 5) is 4.46. The van der Waals surface area contributed by atoms with E-state index in [0.717, 1.165) is 35.7 Å². The minimum atomic E-state index is 0. The number of aliphatic imine (C=N–C) groups is 1. The Labute approximate surface area is 190 Å². The molecular weight excluding hydrogens is 481 g/mol. The van der Waals surface area contributed by atoms with Crippen molar-refractivity contribution in [2.45, 2.75) is 19.8 Å². The first kappa shape index (κ1) is 24.9. The molecule has 7 heteroatoms. The second kappa shape index (κ2) is 13.1. The van der Waals surface area contributed by atoms with Crippen LogP contribution >= 0.6 is 24.0 Å². The molecule has 1 atom stereocenters. The Morgan fingerprint density at radius 2 is 1.62 bits per heavy atom. The minimum Gasteiger partial charge on any atom is -0.497 e. The van der Waals surface area contributed by atoms with Crippen LogP contribution in [0, 0.1) is 5.92 Å². The number of nitrogens with two attached hydrogens (primary N) is 1. The normalized spacial score (nSPS) is 11.9. The number of nitrogens with zero attached hydrogens (tertiary/aromatic N) is 1. The molecular formula is C22H32IN3O3. The van der Waals surface area contributed by atoms with Crippen LogP contribution in [0.5, 0.6) is 17.2 Å². The fourth-order valence-electron chi connectivity index (χ4n) is 2.91. The molecule has 0 aliphatic rings. The molecule has 0 bridgehead atoms. The smallest absolute Gasteiger partial charge is 0.188 e. The zero-order valence-corrected chi connectivity index (χ0v) is 19.9. The van der Waals surface area contributed by atoms with E-state index in [1.54, 1.807) is 21.3 Å². The topological polar surface area (TPSA) is 78.1 Å². The summed E-state index contributed by atoms with van der Waals surface area (Å²) >= 11 is 0. The van der Waals surface area contributed by atoms with Crippen LogP contribution in [0.15, 0.2) is 47.5 Å². The quantitative estimate of drug-likeness (QED) is 0.288. The molecule has 3 N–H and O–H groups in total. The number of methoxy groups -OCH3 is 3. The lowest BCUT2D eigenvalue weighted by Gasteiger charge is -2.12. The molecule has 2 aromatic rings. The molecule has 0 saturated carbocycles. The summed E-state index contributed by atoms with van der Waals surface area (Å²) in [6.45, 7) is 3.56. The van der Waals surface area contributed by atoms with Crippen LogP contribution in [0.1, 0.15) is 18.1 Å². The summed E-state index contributed by atoms with van der Waals surface area (Å²) in [6, 6.07) is 14.0. The van der Waals surface area contributed by atoms with Gasteiger partial charge in [-0.2, -0.15) is 0 Å². The van der Waals surface area contributed by atoms with E-state index in [0.29, 0.717) is 25.0 Å².